The zero-order valence-electron chi connectivity index (χ0n) is 9.92. The summed E-state index contributed by atoms with van der Waals surface area (Å²) in [4.78, 5) is 1.77. The van der Waals surface area contributed by atoms with Gasteiger partial charge >= 0.3 is 6.02 Å². The molecule has 0 aromatic heterocycles. The van der Waals surface area contributed by atoms with Crippen LogP contribution in [0.1, 0.15) is 5.56 Å². The smallest absolute Gasteiger partial charge is 0.319 e. The minimum absolute atomic E-state index is 0.0410. The topological polar surface area (TPSA) is 48.3 Å². The zero-order valence-corrected chi connectivity index (χ0v) is 9.92. The van der Waals surface area contributed by atoms with E-state index in [0.29, 0.717) is 11.8 Å². The summed E-state index contributed by atoms with van der Waals surface area (Å²) >= 11 is 0. The highest BCUT2D eigenvalue weighted by Gasteiger charge is 2.28. The number of aliphatic hydroxyl groups is 1. The molecule has 0 atom stereocenters. The van der Waals surface area contributed by atoms with Gasteiger partial charge in [0.2, 0.25) is 0 Å². The second-order valence-corrected chi connectivity index (χ2v) is 3.65. The van der Waals surface area contributed by atoms with Crippen LogP contribution in [0.25, 0.3) is 0 Å². The lowest BCUT2D eigenvalue weighted by atomic mass is 10.1. The van der Waals surface area contributed by atoms with Crippen LogP contribution in [-0.4, -0.2) is 30.3 Å². The van der Waals surface area contributed by atoms with Gasteiger partial charge in [0.25, 0.3) is 0 Å². The Morgan fingerprint density at radius 1 is 1.41 bits per heavy atom. The van der Waals surface area contributed by atoms with Crippen LogP contribution in [0.2, 0.25) is 0 Å². The largest absolute Gasteiger partial charge is 0.467 e. The number of anilines is 1. The van der Waals surface area contributed by atoms with Crippen molar-refractivity contribution in [2.75, 3.05) is 19.1 Å². The molecule has 1 aliphatic heterocycles. The van der Waals surface area contributed by atoms with E-state index < -0.39 is 0 Å². The van der Waals surface area contributed by atoms with E-state index in [0.717, 1.165) is 11.3 Å². The Balaban J connectivity index is 2.45. The Kier molecular flexibility index (Phi) is 3.01. The molecule has 1 heterocycles. The number of amidine groups is 1. The van der Waals surface area contributed by atoms with E-state index in [4.69, 9.17) is 4.74 Å². The van der Waals surface area contributed by atoms with E-state index >= 15 is 0 Å². The van der Waals surface area contributed by atoms with Crippen LogP contribution < -0.4 is 4.90 Å². The average molecular weight is 233 g/mol. The van der Waals surface area contributed by atoms with Gasteiger partial charge in [-0.1, -0.05) is 24.8 Å². The fourth-order valence-electron chi connectivity index (χ4n) is 1.72. The molecule has 1 N–H and O–H groups in total. The summed E-state index contributed by atoms with van der Waals surface area (Å²) in [5.41, 5.74) is 1.62. The van der Waals surface area contributed by atoms with Crippen LogP contribution in [-0.2, 0) is 11.3 Å². The van der Waals surface area contributed by atoms with Crippen molar-refractivity contribution >= 4 is 11.7 Å². The monoisotopic (exact) mass is 233 g/mol. The molecule has 5 heteroatoms. The Labute approximate surface area is 100 Å². The Bertz CT molecular complexity index is 471. The highest BCUT2D eigenvalue weighted by molar-refractivity contribution is 5.97. The normalized spacial score (nSPS) is 15.2. The Morgan fingerprint density at radius 2 is 2.12 bits per heavy atom. The molecule has 0 spiro atoms. The molecule has 0 unspecified atom stereocenters. The molecule has 0 bridgehead atoms. The molecule has 1 aliphatic rings. The summed E-state index contributed by atoms with van der Waals surface area (Å²) in [6.07, 6.45) is 0. The number of para-hydroxylation sites is 1. The summed E-state index contributed by atoms with van der Waals surface area (Å²) in [6.45, 7) is 3.90. The minimum atomic E-state index is -0.0410. The van der Waals surface area contributed by atoms with Crippen molar-refractivity contribution < 1.29 is 9.84 Å². The molecule has 90 valence electrons. The van der Waals surface area contributed by atoms with Crippen molar-refractivity contribution in [2.24, 2.45) is 5.10 Å². The predicted octanol–water partition coefficient (Wildman–Crippen LogP) is 1.32. The van der Waals surface area contributed by atoms with Gasteiger partial charge in [-0.15, -0.1) is 5.10 Å². The number of aliphatic hydroxyl groups excluding tert-OH is 1. The number of methoxy groups -OCH3 is 1. The molecule has 5 nitrogen and oxygen atoms in total. The third kappa shape index (κ3) is 1.85. The summed E-state index contributed by atoms with van der Waals surface area (Å²) in [5, 5.41) is 15.2. The number of hydrazone groups is 1. The van der Waals surface area contributed by atoms with Crippen molar-refractivity contribution in [3.8, 4) is 0 Å². The lowest BCUT2D eigenvalue weighted by Crippen LogP contribution is -2.29. The van der Waals surface area contributed by atoms with Crippen molar-refractivity contribution in [1.82, 2.24) is 5.01 Å². The molecule has 0 fully saturated rings. The molecule has 17 heavy (non-hydrogen) atoms. The predicted molar refractivity (Wildman–Crippen MR) is 66.2 cm³/mol. The molecule has 1 aromatic rings. The first-order chi connectivity index (χ1) is 8.19. The third-order valence-electron chi connectivity index (χ3n) is 2.64. The fraction of sp³-hybridized carbons (Fsp3) is 0.250. The first kappa shape index (κ1) is 11.5. The van der Waals surface area contributed by atoms with E-state index in [-0.39, 0.29) is 6.61 Å². The maximum Gasteiger partial charge on any atom is 0.319 e. The first-order valence-corrected chi connectivity index (χ1v) is 5.23. The third-order valence-corrected chi connectivity index (χ3v) is 2.64. The van der Waals surface area contributed by atoms with Crippen molar-refractivity contribution in [2.45, 2.75) is 6.61 Å². The summed E-state index contributed by atoms with van der Waals surface area (Å²) in [5.74, 6) is 0.683. The Hall–Kier alpha value is -2.01. The van der Waals surface area contributed by atoms with Gasteiger partial charge in [0.1, 0.15) is 5.82 Å². The highest BCUT2D eigenvalue weighted by atomic mass is 16.5. The highest BCUT2D eigenvalue weighted by Crippen LogP contribution is 2.29. The van der Waals surface area contributed by atoms with Gasteiger partial charge in [-0.3, -0.25) is 0 Å². The van der Waals surface area contributed by atoms with E-state index in [2.05, 4.69) is 11.7 Å². The molecule has 0 saturated carbocycles. The maximum absolute atomic E-state index is 9.34. The zero-order chi connectivity index (χ0) is 12.4. The van der Waals surface area contributed by atoms with E-state index in [1.165, 1.54) is 0 Å². The number of ether oxygens (including phenoxy) is 1. The Morgan fingerprint density at radius 3 is 2.76 bits per heavy atom. The first-order valence-electron chi connectivity index (χ1n) is 5.23. The second-order valence-electron chi connectivity index (χ2n) is 3.65. The van der Waals surface area contributed by atoms with Gasteiger partial charge in [0, 0.05) is 12.6 Å². The molecule has 0 saturated heterocycles. The van der Waals surface area contributed by atoms with Crippen molar-refractivity contribution in [3.05, 3.63) is 42.2 Å². The lowest BCUT2D eigenvalue weighted by molar-refractivity contribution is 0.282. The van der Waals surface area contributed by atoms with E-state index in [9.17, 15) is 5.11 Å². The number of rotatable bonds is 2. The van der Waals surface area contributed by atoms with Crippen LogP contribution in [0.15, 0.2) is 41.8 Å². The average Bonchev–Trinajstić information content (AvgIpc) is 2.65. The van der Waals surface area contributed by atoms with Gasteiger partial charge in [0.05, 0.1) is 19.4 Å². The molecule has 0 amide bonds. The van der Waals surface area contributed by atoms with E-state index in [1.54, 1.807) is 24.1 Å². The second kappa shape index (κ2) is 4.47. The number of nitrogens with zero attached hydrogens (tertiary/aromatic N) is 3. The van der Waals surface area contributed by atoms with Gasteiger partial charge in [-0.05, 0) is 6.07 Å². The number of hydrogen-bond donors (Lipinski definition) is 1. The van der Waals surface area contributed by atoms with Crippen LogP contribution in [0.5, 0.6) is 0 Å². The summed E-state index contributed by atoms with van der Waals surface area (Å²) in [7, 11) is 3.35. The van der Waals surface area contributed by atoms with Crippen molar-refractivity contribution in [3.63, 3.8) is 0 Å². The quantitative estimate of drug-likeness (QED) is 0.837. The van der Waals surface area contributed by atoms with Crippen LogP contribution in [0.3, 0.4) is 0 Å². The number of benzene rings is 1. The molecular weight excluding hydrogens is 218 g/mol. The van der Waals surface area contributed by atoms with Crippen molar-refractivity contribution in [1.29, 1.82) is 0 Å². The minimum Gasteiger partial charge on any atom is -0.467 e. The van der Waals surface area contributed by atoms with Crippen LogP contribution in [0, 0.1) is 0 Å². The molecule has 2 rings (SSSR count). The van der Waals surface area contributed by atoms with E-state index in [1.807, 2.05) is 24.3 Å². The van der Waals surface area contributed by atoms with Gasteiger partial charge in [-0.25, -0.2) is 9.91 Å². The number of hydrogen-bond acceptors (Lipinski definition) is 5. The standard InChI is InChI=1S/C12H15N3O2/c1-9-14(2)13-12(17-3)15(9)11-7-5-4-6-10(11)8-16/h4-7,16H,1,8H2,2-3H3. The lowest BCUT2D eigenvalue weighted by Gasteiger charge is -2.22. The SMILES string of the molecule is C=C1N(C)N=C(OC)N1c1ccccc1CO. The summed E-state index contributed by atoms with van der Waals surface area (Å²) < 4.78 is 5.21. The summed E-state index contributed by atoms with van der Waals surface area (Å²) in [6, 6.07) is 7.96. The fourth-order valence-corrected chi connectivity index (χ4v) is 1.72. The van der Waals surface area contributed by atoms with Crippen LogP contribution >= 0.6 is 0 Å². The molecular formula is C12H15N3O2. The van der Waals surface area contributed by atoms with Crippen LogP contribution in [0.4, 0.5) is 5.69 Å². The van der Waals surface area contributed by atoms with Gasteiger partial charge < -0.3 is 9.84 Å². The molecule has 1 aromatic carbocycles. The molecule has 0 radical (unpaired) electrons. The van der Waals surface area contributed by atoms with Gasteiger partial charge in [-0.2, -0.15) is 0 Å². The molecule has 0 aliphatic carbocycles. The van der Waals surface area contributed by atoms with Gasteiger partial charge in [0.15, 0.2) is 0 Å². The maximum atomic E-state index is 9.34.